The van der Waals surface area contributed by atoms with Gasteiger partial charge in [0.15, 0.2) is 0 Å². The number of aryl methyl sites for hydroxylation is 4. The largest absolute Gasteiger partial charge is 2.00 e. The molecule has 9 heteroatoms. The van der Waals surface area contributed by atoms with Crippen LogP contribution in [0.2, 0.25) is 0 Å². The Morgan fingerprint density at radius 2 is 0.946 bits per heavy atom. The zero-order chi connectivity index (χ0) is 25.9. The number of unbranched alkanes of at least 4 members (excludes halogenated alkanes) is 2. The first kappa shape index (κ1) is 31.1. The van der Waals surface area contributed by atoms with Crippen molar-refractivity contribution < 1.29 is 17.1 Å². The standard InChI is InChI=1S/2C14H17N2O2.Fe/c2*1-11-10-16(14(18)15-13(11)17)9-5-4-8-12-6-2-3-7-12;/h2*2-3,6-7,10H,4-5,8-9H2,1H3,(H,15,17,18);/q;;+2. The van der Waals surface area contributed by atoms with E-state index < -0.39 is 0 Å². The molecular formula is C28H34FeN4O4+2. The molecule has 196 valence electrons. The summed E-state index contributed by atoms with van der Waals surface area (Å²) in [5.74, 6) is 2.67. The predicted octanol–water partition coefficient (Wildman–Crippen LogP) is 2.84. The molecule has 2 aromatic heterocycles. The Morgan fingerprint density at radius 1 is 0.595 bits per heavy atom. The number of hydrogen-bond acceptors (Lipinski definition) is 4. The maximum absolute atomic E-state index is 11.5. The predicted molar refractivity (Wildman–Crippen MR) is 141 cm³/mol. The Hall–Kier alpha value is -2.12. The van der Waals surface area contributed by atoms with Crippen LogP contribution >= 0.6 is 0 Å². The SMILES string of the molecule is Cc1cn(CCCC[C]2[CH][CH][CH][CH]2)c(=O)[nH]c1=O.Cc1cn(CCCC[C]2[CH][CH][CH][CH]2)c(=O)[nH]c1=O.[Fe+2]. The number of H-pyrrole nitrogens is 2. The molecule has 2 aliphatic carbocycles. The molecule has 0 saturated heterocycles. The second-order valence-corrected chi connectivity index (χ2v) is 9.03. The molecule has 37 heavy (non-hydrogen) atoms. The van der Waals surface area contributed by atoms with Gasteiger partial charge in [-0.05, 0) is 103 Å². The van der Waals surface area contributed by atoms with E-state index in [1.807, 2.05) is 25.7 Å². The van der Waals surface area contributed by atoms with Crippen molar-refractivity contribution in [2.45, 2.75) is 65.5 Å². The minimum absolute atomic E-state index is 0. The van der Waals surface area contributed by atoms with Crippen molar-refractivity contribution in [3.63, 3.8) is 0 Å². The van der Waals surface area contributed by atoms with E-state index in [-0.39, 0.29) is 39.6 Å². The number of nitrogens with zero attached hydrogens (tertiary/aromatic N) is 2. The molecule has 2 N–H and O–H groups in total. The number of rotatable bonds is 10. The molecule has 2 aliphatic rings. The molecule has 2 aromatic rings. The Kier molecular flexibility index (Phi) is 13.4. The third-order valence-electron chi connectivity index (χ3n) is 6.07. The van der Waals surface area contributed by atoms with Gasteiger partial charge in [0.25, 0.3) is 11.1 Å². The topological polar surface area (TPSA) is 110 Å². The van der Waals surface area contributed by atoms with Crippen molar-refractivity contribution in [1.29, 1.82) is 0 Å². The molecule has 10 radical (unpaired) electrons. The first-order chi connectivity index (χ1) is 17.3. The van der Waals surface area contributed by atoms with Crippen LogP contribution in [-0.4, -0.2) is 19.1 Å². The quantitative estimate of drug-likeness (QED) is 0.353. The fourth-order valence-corrected chi connectivity index (χ4v) is 3.95. The number of nitrogens with one attached hydrogen (secondary N) is 2. The van der Waals surface area contributed by atoms with Crippen LogP contribution in [0.4, 0.5) is 0 Å². The van der Waals surface area contributed by atoms with Crippen LogP contribution in [0.3, 0.4) is 0 Å². The van der Waals surface area contributed by atoms with Gasteiger partial charge < -0.3 is 9.13 Å². The van der Waals surface area contributed by atoms with Gasteiger partial charge in [-0.1, -0.05) is 12.8 Å². The van der Waals surface area contributed by atoms with Gasteiger partial charge in [0, 0.05) is 36.6 Å². The fourth-order valence-electron chi connectivity index (χ4n) is 3.95. The van der Waals surface area contributed by atoms with Crippen LogP contribution in [0.5, 0.6) is 0 Å². The number of aromatic amines is 2. The van der Waals surface area contributed by atoms with E-state index in [0.29, 0.717) is 24.2 Å². The zero-order valence-electron chi connectivity index (χ0n) is 21.3. The third-order valence-corrected chi connectivity index (χ3v) is 6.07. The minimum Gasteiger partial charge on any atom is -0.300 e. The van der Waals surface area contributed by atoms with Crippen LogP contribution in [-0.2, 0) is 30.2 Å². The normalized spacial score (nSPS) is 15.8. The Bertz CT molecular complexity index is 1090. The average molecular weight is 546 g/mol. The van der Waals surface area contributed by atoms with Crippen LogP contribution in [0, 0.1) is 77.0 Å². The van der Waals surface area contributed by atoms with E-state index in [4.69, 9.17) is 0 Å². The summed E-state index contributed by atoms with van der Waals surface area (Å²) in [5, 5.41) is 0. The smallest absolute Gasteiger partial charge is 0.300 e. The first-order valence-electron chi connectivity index (χ1n) is 12.4. The molecule has 2 saturated carbocycles. The maximum Gasteiger partial charge on any atom is 2.00 e. The van der Waals surface area contributed by atoms with Gasteiger partial charge in [0.2, 0.25) is 0 Å². The monoisotopic (exact) mass is 546 g/mol. The van der Waals surface area contributed by atoms with Gasteiger partial charge in [0.1, 0.15) is 0 Å². The molecule has 0 unspecified atom stereocenters. The van der Waals surface area contributed by atoms with Gasteiger partial charge in [0.05, 0.1) is 0 Å². The zero-order valence-corrected chi connectivity index (χ0v) is 22.4. The van der Waals surface area contributed by atoms with Gasteiger partial charge in [-0.2, -0.15) is 0 Å². The average Bonchev–Trinajstić information content (AvgIpc) is 3.56. The second-order valence-electron chi connectivity index (χ2n) is 9.03. The second kappa shape index (κ2) is 16.0. The molecule has 0 spiro atoms. The van der Waals surface area contributed by atoms with Crippen molar-refractivity contribution in [3.8, 4) is 0 Å². The van der Waals surface area contributed by atoms with Crippen LogP contribution < -0.4 is 22.5 Å². The van der Waals surface area contributed by atoms with E-state index in [2.05, 4.69) is 35.7 Å². The van der Waals surface area contributed by atoms with Crippen LogP contribution in [0.15, 0.2) is 31.6 Å². The summed E-state index contributed by atoms with van der Waals surface area (Å²) in [6.45, 7) is 4.71. The fraction of sp³-hybridized carbons (Fsp3) is 0.357. The summed E-state index contributed by atoms with van der Waals surface area (Å²) in [7, 11) is 0. The molecule has 0 atom stereocenters. The summed E-state index contributed by atoms with van der Waals surface area (Å²) in [6, 6.07) is 0. The third kappa shape index (κ3) is 10.3. The molecule has 0 aromatic carbocycles. The van der Waals surface area contributed by atoms with E-state index in [1.165, 1.54) is 11.8 Å². The van der Waals surface area contributed by atoms with Crippen LogP contribution in [0.1, 0.15) is 49.7 Å². The first-order valence-corrected chi connectivity index (χ1v) is 12.4. The number of hydrogen-bond donors (Lipinski definition) is 2. The van der Waals surface area contributed by atoms with E-state index in [9.17, 15) is 19.2 Å². The van der Waals surface area contributed by atoms with Gasteiger partial charge in [-0.3, -0.25) is 19.6 Å². The van der Waals surface area contributed by atoms with Gasteiger partial charge >= 0.3 is 28.4 Å². The maximum atomic E-state index is 11.5. The summed E-state index contributed by atoms with van der Waals surface area (Å²) in [5.41, 5.74) is -0.0878. The molecule has 2 fully saturated rings. The van der Waals surface area contributed by atoms with Crippen molar-refractivity contribution in [3.05, 3.63) is 128 Å². The van der Waals surface area contributed by atoms with Crippen molar-refractivity contribution in [2.24, 2.45) is 0 Å². The minimum atomic E-state index is -0.320. The molecule has 0 amide bonds. The van der Waals surface area contributed by atoms with Gasteiger partial charge in [-0.15, -0.1) is 0 Å². The molecule has 0 aliphatic heterocycles. The molecule has 2 heterocycles. The summed E-state index contributed by atoms with van der Waals surface area (Å²) in [6.07, 6.45) is 25.8. The van der Waals surface area contributed by atoms with E-state index in [1.54, 1.807) is 35.4 Å². The summed E-state index contributed by atoms with van der Waals surface area (Å²) < 4.78 is 3.14. The molecule has 4 rings (SSSR count). The Balaban J connectivity index is 0.000000253. The summed E-state index contributed by atoms with van der Waals surface area (Å²) >= 11 is 0. The van der Waals surface area contributed by atoms with Crippen molar-refractivity contribution in [1.82, 2.24) is 19.1 Å². The van der Waals surface area contributed by atoms with Crippen molar-refractivity contribution >= 4 is 0 Å². The van der Waals surface area contributed by atoms with Crippen LogP contribution in [0.25, 0.3) is 0 Å². The molecule has 8 nitrogen and oxygen atoms in total. The van der Waals surface area contributed by atoms with E-state index in [0.717, 1.165) is 38.5 Å². The van der Waals surface area contributed by atoms with Gasteiger partial charge in [-0.25, -0.2) is 9.59 Å². The molecular weight excluding hydrogens is 512 g/mol. The van der Waals surface area contributed by atoms with Crippen molar-refractivity contribution in [2.75, 3.05) is 0 Å². The Labute approximate surface area is 229 Å². The Morgan fingerprint density at radius 3 is 1.30 bits per heavy atom. The number of aromatic nitrogens is 4. The molecule has 0 bridgehead atoms. The summed E-state index contributed by atoms with van der Waals surface area (Å²) in [4.78, 5) is 50.1. The van der Waals surface area contributed by atoms with E-state index >= 15 is 0 Å².